The molecule has 0 spiro atoms. The molecule has 1 aromatic carbocycles. The van der Waals surface area contributed by atoms with Crippen LogP contribution in [-0.2, 0) is 0 Å². The first-order valence-electron chi connectivity index (χ1n) is 4.13. The molecule has 0 bridgehead atoms. The molecule has 0 aliphatic rings. The van der Waals surface area contributed by atoms with Gasteiger partial charge in [-0.15, -0.1) is 23.4 Å². The Labute approximate surface area is 105 Å². The highest BCUT2D eigenvalue weighted by molar-refractivity contribution is 9.12. The zero-order valence-corrected chi connectivity index (χ0v) is 11.1. The summed E-state index contributed by atoms with van der Waals surface area (Å²) in [6.45, 7) is 1.95. The van der Waals surface area contributed by atoms with E-state index in [1.165, 1.54) is 23.9 Å². The first kappa shape index (κ1) is 12.8. The van der Waals surface area contributed by atoms with E-state index in [0.717, 1.165) is 4.90 Å². The van der Waals surface area contributed by atoms with E-state index in [4.69, 9.17) is 11.6 Å². The van der Waals surface area contributed by atoms with Crippen LogP contribution in [0.25, 0.3) is 0 Å². The Bertz CT molecular complexity index is 356. The number of hydrogen-bond donors (Lipinski definition) is 0. The minimum atomic E-state index is -0.413. The van der Waals surface area contributed by atoms with Crippen molar-refractivity contribution in [3.63, 3.8) is 0 Å². The average molecular weight is 311 g/mol. The predicted octanol–water partition coefficient (Wildman–Crippen LogP) is 4.04. The highest BCUT2D eigenvalue weighted by atomic mass is 79.9. The van der Waals surface area contributed by atoms with Crippen LogP contribution >= 0.6 is 39.3 Å². The van der Waals surface area contributed by atoms with E-state index in [1.807, 2.05) is 6.92 Å². The molecule has 0 fully saturated rings. The van der Waals surface area contributed by atoms with Crippen molar-refractivity contribution < 1.29 is 4.92 Å². The van der Waals surface area contributed by atoms with Crippen LogP contribution in [0.4, 0.5) is 5.69 Å². The molecular formula is C9H9BrClNO2S. The molecule has 1 atom stereocenters. The number of nitrogens with zero attached hydrogens (tertiary/aromatic N) is 1. The summed E-state index contributed by atoms with van der Waals surface area (Å²) in [5.74, 6) is 0.453. The fraction of sp³-hybridized carbons (Fsp3) is 0.333. The van der Waals surface area contributed by atoms with Gasteiger partial charge in [-0.05, 0) is 19.1 Å². The SMILES string of the molecule is CC(Br)(CCl)Sc1ccc([N+](=O)[O-])cc1. The molecule has 0 saturated heterocycles. The van der Waals surface area contributed by atoms with Crippen LogP contribution < -0.4 is 0 Å². The fourth-order valence-electron chi connectivity index (χ4n) is 0.909. The summed E-state index contributed by atoms with van der Waals surface area (Å²) < 4.78 is -0.245. The molecule has 0 amide bonds. The number of nitro groups is 1. The molecule has 0 aromatic heterocycles. The lowest BCUT2D eigenvalue weighted by Crippen LogP contribution is -2.11. The number of thioether (sulfide) groups is 1. The van der Waals surface area contributed by atoms with E-state index in [9.17, 15) is 10.1 Å². The third-order valence-corrected chi connectivity index (χ3v) is 4.48. The molecule has 1 unspecified atom stereocenters. The van der Waals surface area contributed by atoms with Gasteiger partial charge in [0.1, 0.15) is 0 Å². The average Bonchev–Trinajstić information content (AvgIpc) is 2.18. The first-order chi connectivity index (χ1) is 6.94. The summed E-state index contributed by atoms with van der Waals surface area (Å²) in [5.41, 5.74) is 0.0986. The molecule has 0 saturated carbocycles. The summed E-state index contributed by atoms with van der Waals surface area (Å²) in [6.07, 6.45) is 0. The van der Waals surface area contributed by atoms with E-state index < -0.39 is 4.92 Å². The van der Waals surface area contributed by atoms with Crippen molar-refractivity contribution in [3.8, 4) is 0 Å². The van der Waals surface area contributed by atoms with Crippen molar-refractivity contribution in [3.05, 3.63) is 34.4 Å². The van der Waals surface area contributed by atoms with Crippen LogP contribution in [0.15, 0.2) is 29.2 Å². The van der Waals surface area contributed by atoms with Gasteiger partial charge in [0.15, 0.2) is 0 Å². The van der Waals surface area contributed by atoms with Gasteiger partial charge in [0, 0.05) is 22.9 Å². The predicted molar refractivity (Wildman–Crippen MR) is 67.0 cm³/mol. The van der Waals surface area contributed by atoms with Gasteiger partial charge in [-0.1, -0.05) is 15.9 Å². The number of nitro benzene ring substituents is 1. The van der Waals surface area contributed by atoms with Crippen molar-refractivity contribution in [1.29, 1.82) is 0 Å². The number of rotatable bonds is 4. The van der Waals surface area contributed by atoms with E-state index in [2.05, 4.69) is 15.9 Å². The summed E-state index contributed by atoms with van der Waals surface area (Å²) >= 11 is 10.7. The standard InChI is InChI=1S/C9H9BrClNO2S/c1-9(10,6-11)15-8-4-2-7(3-5-8)12(13)14/h2-5H,6H2,1H3. The Morgan fingerprint density at radius 3 is 2.47 bits per heavy atom. The molecule has 3 nitrogen and oxygen atoms in total. The maximum atomic E-state index is 10.4. The third-order valence-electron chi connectivity index (χ3n) is 1.62. The van der Waals surface area contributed by atoms with Gasteiger partial charge < -0.3 is 0 Å². The minimum Gasteiger partial charge on any atom is -0.258 e. The second kappa shape index (κ2) is 5.18. The van der Waals surface area contributed by atoms with Crippen molar-refractivity contribution in [2.24, 2.45) is 0 Å². The first-order valence-corrected chi connectivity index (χ1v) is 6.27. The number of alkyl halides is 2. The maximum absolute atomic E-state index is 10.4. The molecule has 6 heteroatoms. The highest BCUT2D eigenvalue weighted by Gasteiger charge is 2.20. The van der Waals surface area contributed by atoms with E-state index in [0.29, 0.717) is 5.88 Å². The molecule has 0 aliphatic heterocycles. The highest BCUT2D eigenvalue weighted by Crippen LogP contribution is 2.39. The van der Waals surface area contributed by atoms with Gasteiger partial charge in [-0.3, -0.25) is 10.1 Å². The summed E-state index contributed by atoms with van der Waals surface area (Å²) in [6, 6.07) is 6.41. The van der Waals surface area contributed by atoms with Crippen molar-refractivity contribution in [1.82, 2.24) is 0 Å². The van der Waals surface area contributed by atoms with Gasteiger partial charge in [0.25, 0.3) is 5.69 Å². The zero-order valence-electron chi connectivity index (χ0n) is 7.94. The van der Waals surface area contributed by atoms with E-state index >= 15 is 0 Å². The maximum Gasteiger partial charge on any atom is 0.269 e. The van der Waals surface area contributed by atoms with Crippen LogP contribution in [-0.4, -0.2) is 14.5 Å². The molecule has 0 heterocycles. The van der Waals surface area contributed by atoms with Gasteiger partial charge in [-0.2, -0.15) is 0 Å². The van der Waals surface area contributed by atoms with Crippen molar-refractivity contribution in [2.45, 2.75) is 15.5 Å². The van der Waals surface area contributed by atoms with Crippen LogP contribution in [0.1, 0.15) is 6.92 Å². The molecular weight excluding hydrogens is 302 g/mol. The normalized spacial score (nSPS) is 14.6. The zero-order chi connectivity index (χ0) is 11.5. The van der Waals surface area contributed by atoms with Crippen LogP contribution in [0.3, 0.4) is 0 Å². The topological polar surface area (TPSA) is 43.1 Å². The fourth-order valence-corrected chi connectivity index (χ4v) is 2.45. The van der Waals surface area contributed by atoms with Crippen LogP contribution in [0, 0.1) is 10.1 Å². The van der Waals surface area contributed by atoms with Crippen molar-refractivity contribution >= 4 is 45.0 Å². The Balaban J connectivity index is 2.77. The Morgan fingerprint density at radius 2 is 2.07 bits per heavy atom. The van der Waals surface area contributed by atoms with Gasteiger partial charge >= 0.3 is 0 Å². The third kappa shape index (κ3) is 4.01. The molecule has 0 N–H and O–H groups in total. The molecule has 0 radical (unpaired) electrons. The Hall–Kier alpha value is -0.260. The lowest BCUT2D eigenvalue weighted by Gasteiger charge is -2.17. The largest absolute Gasteiger partial charge is 0.269 e. The van der Waals surface area contributed by atoms with Crippen molar-refractivity contribution in [2.75, 3.05) is 5.88 Å². The molecule has 1 rings (SSSR count). The number of non-ortho nitro benzene ring substituents is 1. The molecule has 1 aromatic rings. The number of hydrogen-bond acceptors (Lipinski definition) is 3. The lowest BCUT2D eigenvalue weighted by molar-refractivity contribution is -0.384. The van der Waals surface area contributed by atoms with Gasteiger partial charge in [0.05, 0.1) is 8.58 Å². The van der Waals surface area contributed by atoms with Gasteiger partial charge in [-0.25, -0.2) is 0 Å². The smallest absolute Gasteiger partial charge is 0.258 e. The quantitative estimate of drug-likeness (QED) is 0.365. The Morgan fingerprint density at radius 1 is 1.53 bits per heavy atom. The summed E-state index contributed by atoms with van der Waals surface area (Å²) in [5, 5.41) is 10.4. The van der Waals surface area contributed by atoms with Crippen LogP contribution in [0.2, 0.25) is 0 Å². The van der Waals surface area contributed by atoms with Gasteiger partial charge in [0.2, 0.25) is 0 Å². The monoisotopic (exact) mass is 309 g/mol. The number of benzene rings is 1. The Kier molecular flexibility index (Phi) is 4.43. The lowest BCUT2D eigenvalue weighted by atomic mass is 10.3. The summed E-state index contributed by atoms with van der Waals surface area (Å²) in [7, 11) is 0. The molecule has 82 valence electrons. The second-order valence-corrected chi connectivity index (χ2v) is 7.21. The molecule has 0 aliphatic carbocycles. The van der Waals surface area contributed by atoms with E-state index in [-0.39, 0.29) is 9.34 Å². The molecule has 15 heavy (non-hydrogen) atoms. The van der Waals surface area contributed by atoms with Crippen LogP contribution in [0.5, 0.6) is 0 Å². The summed E-state index contributed by atoms with van der Waals surface area (Å²) in [4.78, 5) is 11.0. The van der Waals surface area contributed by atoms with E-state index in [1.54, 1.807) is 12.1 Å². The second-order valence-electron chi connectivity index (χ2n) is 3.09. The number of halogens is 2. The minimum absolute atomic E-state index is 0.0986.